The first-order chi connectivity index (χ1) is 10.2. The van der Waals surface area contributed by atoms with E-state index in [0.717, 1.165) is 45.8 Å². The maximum atomic E-state index is 3.98. The molecule has 4 nitrogen and oxygen atoms in total. The van der Waals surface area contributed by atoms with Crippen LogP contribution in [0.3, 0.4) is 0 Å². The fourth-order valence-corrected chi connectivity index (χ4v) is 1.25. The van der Waals surface area contributed by atoms with E-state index in [9.17, 15) is 0 Å². The van der Waals surface area contributed by atoms with Gasteiger partial charge in [-0.25, -0.2) is 0 Å². The van der Waals surface area contributed by atoms with Crippen LogP contribution in [0.25, 0.3) is 16.0 Å². The zero-order chi connectivity index (χ0) is 17.2. The van der Waals surface area contributed by atoms with E-state index >= 15 is 0 Å². The molecule has 0 aromatic heterocycles. The van der Waals surface area contributed by atoms with Gasteiger partial charge in [0.15, 0.2) is 0 Å². The van der Waals surface area contributed by atoms with Crippen molar-refractivity contribution in [1.29, 1.82) is 0 Å². The largest absolute Gasteiger partial charge is 0.663 e. The molecule has 0 saturated carbocycles. The molecule has 0 fully saturated rings. The summed E-state index contributed by atoms with van der Waals surface area (Å²) in [6.07, 6.45) is 2.53. The molecule has 0 rings (SSSR count). The first kappa shape index (κ1) is 29.4. The number of hydrogen-bond donors (Lipinski definition) is 0. The summed E-state index contributed by atoms with van der Waals surface area (Å²) in [5.41, 5.74) is 0. The van der Waals surface area contributed by atoms with Crippen LogP contribution in [-0.2, 0) is 20.9 Å². The molecule has 21 heavy (non-hydrogen) atoms. The van der Waals surface area contributed by atoms with Crippen molar-refractivity contribution in [1.82, 2.24) is 0 Å². The smallest absolute Gasteiger partial charge is 0.0844 e. The van der Waals surface area contributed by atoms with E-state index in [1.54, 1.807) is 20.9 Å². The molecule has 0 spiro atoms. The molecule has 0 unspecified atom stereocenters. The van der Waals surface area contributed by atoms with Gasteiger partial charge < -0.3 is 16.0 Å². The van der Waals surface area contributed by atoms with Crippen molar-refractivity contribution >= 4 is 0 Å². The molecule has 0 heterocycles. The maximum absolute atomic E-state index is 3.98. The Bertz CT molecular complexity index is 115. The Kier molecular flexibility index (Phi) is 59.9. The average molecular weight is 380 g/mol. The number of unbranched alkanes of at least 4 members (excludes halogenated alkanes) is 1. The molecular weight excluding hydrogens is 341 g/mol. The van der Waals surface area contributed by atoms with Gasteiger partial charge in [0.05, 0.1) is 0 Å². The predicted octanol–water partition coefficient (Wildman–Crippen LogP) is 5.72. The van der Waals surface area contributed by atoms with E-state index in [2.05, 4.69) is 26.2 Å². The number of rotatable bonds is 9. The molecule has 0 aliphatic rings. The second kappa shape index (κ2) is 42.8. The van der Waals surface area contributed by atoms with E-state index in [1.807, 2.05) is 41.5 Å². The van der Waals surface area contributed by atoms with Gasteiger partial charge in [-0.3, -0.25) is 0 Å². The van der Waals surface area contributed by atoms with E-state index < -0.39 is 0 Å². The van der Waals surface area contributed by atoms with Gasteiger partial charge in [0.25, 0.3) is 0 Å². The minimum Gasteiger partial charge on any atom is -0.663 e. The average Bonchev–Trinajstić information content (AvgIpc) is 2.49. The number of hydrogen-bond acceptors (Lipinski definition) is 1. The van der Waals surface area contributed by atoms with E-state index in [0.29, 0.717) is 0 Å². The molecule has 0 N–H and O–H groups in total. The van der Waals surface area contributed by atoms with Crippen LogP contribution in [0.2, 0.25) is 0 Å². The summed E-state index contributed by atoms with van der Waals surface area (Å²) in [6, 6.07) is 0. The van der Waals surface area contributed by atoms with Gasteiger partial charge in [-0.2, -0.15) is 39.3 Å². The van der Waals surface area contributed by atoms with Crippen molar-refractivity contribution < 1.29 is 20.9 Å². The number of nitrogens with zero attached hydrogens (tertiary/aromatic N) is 4. The molecule has 0 aliphatic carbocycles. The first-order valence-electron chi connectivity index (χ1n) is 8.36. The third kappa shape index (κ3) is 78.1. The molecule has 5 heteroatoms. The summed E-state index contributed by atoms with van der Waals surface area (Å²) in [5.74, 6) is 0. The Balaban J connectivity index is -0.0000000921. The summed E-state index contributed by atoms with van der Waals surface area (Å²) < 4.78 is 3.98. The fraction of sp³-hybridized carbons (Fsp3) is 1.00. The normalized spacial score (nSPS) is 8.29. The van der Waals surface area contributed by atoms with Crippen molar-refractivity contribution in [2.45, 2.75) is 61.3 Å². The SMILES string of the molecule is CCCC[N]=[Nb].CC[N-]CC.CC[N-]CC.CC[N-]CC. The van der Waals surface area contributed by atoms with Crippen LogP contribution < -0.4 is 0 Å². The topological polar surface area (TPSA) is 54.7 Å². The van der Waals surface area contributed by atoms with E-state index in [-0.39, 0.29) is 0 Å². The molecule has 0 amide bonds. The van der Waals surface area contributed by atoms with Crippen molar-refractivity contribution in [2.24, 2.45) is 3.34 Å². The van der Waals surface area contributed by atoms with Crippen molar-refractivity contribution in [3.05, 3.63) is 16.0 Å². The van der Waals surface area contributed by atoms with Crippen molar-refractivity contribution in [3.8, 4) is 0 Å². The van der Waals surface area contributed by atoms with Crippen LogP contribution in [0.15, 0.2) is 3.34 Å². The second-order valence-corrected chi connectivity index (χ2v) is 4.48. The monoisotopic (exact) mass is 380 g/mol. The summed E-state index contributed by atoms with van der Waals surface area (Å²) in [7, 11) is 0. The Labute approximate surface area is 147 Å². The Morgan fingerprint density at radius 3 is 0.952 bits per heavy atom. The molecule has 0 aromatic carbocycles. The van der Waals surface area contributed by atoms with Gasteiger partial charge in [0, 0.05) is 0 Å². The molecule has 0 aromatic rings. The summed E-state index contributed by atoms with van der Waals surface area (Å²) in [6.45, 7) is 21.3. The van der Waals surface area contributed by atoms with Gasteiger partial charge in [0.2, 0.25) is 0 Å². The summed E-state index contributed by atoms with van der Waals surface area (Å²) in [4.78, 5) is 0. The first-order valence-corrected chi connectivity index (χ1v) is 9.35. The third-order valence-corrected chi connectivity index (χ3v) is 2.44. The van der Waals surface area contributed by atoms with Gasteiger partial charge >= 0.3 is 50.5 Å². The molecule has 131 valence electrons. The molecule has 0 saturated heterocycles. The van der Waals surface area contributed by atoms with Crippen LogP contribution in [0.5, 0.6) is 0 Å². The Hall–Kier alpha value is 0.420. The van der Waals surface area contributed by atoms with Crippen LogP contribution >= 0.6 is 0 Å². The van der Waals surface area contributed by atoms with Crippen LogP contribution in [0, 0.1) is 0 Å². The predicted molar refractivity (Wildman–Crippen MR) is 95.5 cm³/mol. The van der Waals surface area contributed by atoms with Gasteiger partial charge in [-0.15, -0.1) is 0 Å². The van der Waals surface area contributed by atoms with Gasteiger partial charge in [-0.05, 0) is 0 Å². The van der Waals surface area contributed by atoms with Crippen LogP contribution in [0.4, 0.5) is 0 Å². The second-order valence-electron chi connectivity index (χ2n) is 3.79. The minimum atomic E-state index is 0.969. The fourth-order valence-electron chi connectivity index (χ4n) is 0.900. The Morgan fingerprint density at radius 2 is 0.905 bits per heavy atom. The molecule has 0 bridgehead atoms. The summed E-state index contributed by atoms with van der Waals surface area (Å²) >= 11 is 1.56. The molecule has 0 radical (unpaired) electrons. The van der Waals surface area contributed by atoms with Gasteiger partial charge in [0.1, 0.15) is 0 Å². The summed E-state index contributed by atoms with van der Waals surface area (Å²) in [5, 5.41) is 11.9. The zero-order valence-electron chi connectivity index (χ0n) is 15.6. The minimum absolute atomic E-state index is 0.969. The van der Waals surface area contributed by atoms with Crippen molar-refractivity contribution in [2.75, 3.05) is 45.8 Å². The van der Waals surface area contributed by atoms with Crippen LogP contribution in [0.1, 0.15) is 61.3 Å². The molecule has 0 atom stereocenters. The maximum Gasteiger partial charge on any atom is -0.0844 e. The molecular formula is C16H39N4Nb-3. The van der Waals surface area contributed by atoms with E-state index in [4.69, 9.17) is 0 Å². The van der Waals surface area contributed by atoms with Crippen LogP contribution in [-0.4, -0.2) is 45.8 Å². The zero-order valence-corrected chi connectivity index (χ0v) is 17.8. The third-order valence-electron chi connectivity index (χ3n) is 1.95. The quantitative estimate of drug-likeness (QED) is 0.363. The standard InChI is InChI=1S/3C4H10N.C4H9N.Nb/c3*1-3-5-4-2;1-2-3-4-5;/h3*3-4H2,1-2H3;2-4H2,1H3;/q3*-1;;. The Morgan fingerprint density at radius 1 is 0.619 bits per heavy atom. The molecule has 0 aliphatic heterocycles. The van der Waals surface area contributed by atoms with Gasteiger partial charge in [-0.1, -0.05) is 41.5 Å². The van der Waals surface area contributed by atoms with E-state index in [1.165, 1.54) is 12.8 Å². The van der Waals surface area contributed by atoms with Crippen molar-refractivity contribution in [3.63, 3.8) is 0 Å².